The van der Waals surface area contributed by atoms with Gasteiger partial charge >= 0.3 is 0 Å². The van der Waals surface area contributed by atoms with Gasteiger partial charge in [0.15, 0.2) is 5.69 Å². The standard InChI is InChI=1S/C12H10N4O2S/c1-16-8-5-3-2-4-7(8)10(11(16)18)14-15-12-13-9(17)6-19-12/h2-5,18H,6H2,1H3. The van der Waals surface area contributed by atoms with Gasteiger partial charge in [-0.05, 0) is 6.07 Å². The largest absolute Gasteiger partial charge is 0.493 e. The smallest absolute Gasteiger partial charge is 0.258 e. The summed E-state index contributed by atoms with van der Waals surface area (Å²) in [6.07, 6.45) is 0. The van der Waals surface area contributed by atoms with Crippen LogP contribution in [-0.4, -0.2) is 26.5 Å². The van der Waals surface area contributed by atoms with E-state index in [0.29, 0.717) is 16.6 Å². The monoisotopic (exact) mass is 274 g/mol. The number of azo groups is 1. The van der Waals surface area contributed by atoms with Crippen molar-refractivity contribution in [3.05, 3.63) is 24.3 Å². The first-order valence-electron chi connectivity index (χ1n) is 5.59. The van der Waals surface area contributed by atoms with Crippen LogP contribution in [-0.2, 0) is 11.8 Å². The number of para-hydroxylation sites is 1. The van der Waals surface area contributed by atoms with Crippen LogP contribution >= 0.6 is 11.8 Å². The van der Waals surface area contributed by atoms with E-state index in [-0.39, 0.29) is 11.8 Å². The van der Waals surface area contributed by atoms with Crippen LogP contribution in [0.3, 0.4) is 0 Å². The highest BCUT2D eigenvalue weighted by Gasteiger charge is 2.16. The molecule has 1 aromatic carbocycles. The maximum Gasteiger partial charge on any atom is 0.258 e. The van der Waals surface area contributed by atoms with Crippen molar-refractivity contribution >= 4 is 39.4 Å². The van der Waals surface area contributed by atoms with Gasteiger partial charge in [-0.15, -0.1) is 10.2 Å². The number of thioether (sulfide) groups is 1. The normalized spacial score (nSPS) is 15.6. The molecule has 6 nitrogen and oxygen atoms in total. The molecule has 3 rings (SSSR count). The average molecular weight is 274 g/mol. The predicted octanol–water partition coefficient (Wildman–Crippen LogP) is 2.60. The molecule has 2 heterocycles. The van der Waals surface area contributed by atoms with Gasteiger partial charge in [0, 0.05) is 12.4 Å². The van der Waals surface area contributed by atoms with E-state index in [0.717, 1.165) is 10.9 Å². The molecule has 0 saturated carbocycles. The molecule has 0 atom stereocenters. The molecule has 19 heavy (non-hydrogen) atoms. The van der Waals surface area contributed by atoms with Crippen molar-refractivity contribution in [2.24, 2.45) is 22.3 Å². The fraction of sp³-hybridized carbons (Fsp3) is 0.167. The molecule has 1 aliphatic heterocycles. The third-order valence-electron chi connectivity index (χ3n) is 2.83. The minimum absolute atomic E-state index is 0.0415. The molecule has 0 unspecified atom stereocenters. The van der Waals surface area contributed by atoms with Crippen molar-refractivity contribution < 1.29 is 9.90 Å². The lowest BCUT2D eigenvalue weighted by atomic mass is 10.2. The molecule has 1 amide bonds. The van der Waals surface area contributed by atoms with E-state index in [9.17, 15) is 9.90 Å². The number of amides is 1. The number of hydrogen-bond donors (Lipinski definition) is 1. The lowest BCUT2D eigenvalue weighted by Gasteiger charge is -1.95. The van der Waals surface area contributed by atoms with Gasteiger partial charge in [0.25, 0.3) is 5.91 Å². The molecule has 96 valence electrons. The third-order valence-corrected chi connectivity index (χ3v) is 3.65. The highest BCUT2D eigenvalue weighted by molar-refractivity contribution is 8.14. The Hall–Kier alpha value is -2.15. The molecule has 1 N–H and O–H groups in total. The maximum absolute atomic E-state index is 11.0. The number of carbonyl (C=O) groups excluding carboxylic acids is 1. The summed E-state index contributed by atoms with van der Waals surface area (Å²) in [6, 6.07) is 7.50. The molecule has 7 heteroatoms. The van der Waals surface area contributed by atoms with Gasteiger partial charge in [0.2, 0.25) is 11.0 Å². The number of fused-ring (bicyclic) bond motifs is 1. The molecular weight excluding hydrogens is 264 g/mol. The summed E-state index contributed by atoms with van der Waals surface area (Å²) < 4.78 is 1.64. The van der Waals surface area contributed by atoms with Gasteiger partial charge in [-0.1, -0.05) is 30.0 Å². The second kappa shape index (κ2) is 4.51. The molecule has 2 aromatic rings. The van der Waals surface area contributed by atoms with Gasteiger partial charge in [-0.3, -0.25) is 4.79 Å². The van der Waals surface area contributed by atoms with Gasteiger partial charge < -0.3 is 9.67 Å². The summed E-state index contributed by atoms with van der Waals surface area (Å²) >= 11 is 1.24. The second-order valence-electron chi connectivity index (χ2n) is 4.03. The number of nitrogens with zero attached hydrogens (tertiary/aromatic N) is 4. The number of aliphatic imine (C=N–C) groups is 1. The van der Waals surface area contributed by atoms with Crippen LogP contribution in [0.4, 0.5) is 5.69 Å². The minimum atomic E-state index is -0.207. The Labute approximate surface area is 112 Å². The van der Waals surface area contributed by atoms with Crippen LogP contribution < -0.4 is 0 Å². The summed E-state index contributed by atoms with van der Waals surface area (Å²) in [4.78, 5) is 14.7. The number of amidine groups is 1. The first-order valence-corrected chi connectivity index (χ1v) is 6.58. The molecule has 1 aliphatic rings. The second-order valence-corrected chi connectivity index (χ2v) is 4.97. The number of aromatic hydroxyl groups is 1. The van der Waals surface area contributed by atoms with E-state index < -0.39 is 0 Å². The number of rotatable bonds is 1. The highest BCUT2D eigenvalue weighted by Crippen LogP contribution is 2.38. The summed E-state index contributed by atoms with van der Waals surface area (Å²) in [5, 5.41) is 19.1. The number of aromatic nitrogens is 1. The summed E-state index contributed by atoms with van der Waals surface area (Å²) in [5.74, 6) is 0.136. The van der Waals surface area contributed by atoms with Crippen LogP contribution in [0.15, 0.2) is 39.5 Å². The first kappa shape index (κ1) is 11.9. The molecule has 1 aromatic heterocycles. The van der Waals surface area contributed by atoms with Gasteiger partial charge in [0.05, 0.1) is 11.3 Å². The van der Waals surface area contributed by atoms with Gasteiger partial charge in [-0.25, -0.2) is 0 Å². The molecule has 0 radical (unpaired) electrons. The zero-order chi connectivity index (χ0) is 13.4. The molecule has 0 bridgehead atoms. The van der Waals surface area contributed by atoms with Crippen LogP contribution in [0, 0.1) is 0 Å². The van der Waals surface area contributed by atoms with E-state index in [1.165, 1.54) is 11.8 Å². The Bertz CT molecular complexity index is 733. The van der Waals surface area contributed by atoms with Crippen LogP contribution in [0.1, 0.15) is 0 Å². The maximum atomic E-state index is 11.0. The Morgan fingerprint density at radius 2 is 2.16 bits per heavy atom. The van der Waals surface area contributed by atoms with Crippen molar-refractivity contribution in [3.8, 4) is 5.88 Å². The zero-order valence-corrected chi connectivity index (χ0v) is 10.9. The zero-order valence-electron chi connectivity index (χ0n) is 10.1. The number of aryl methyl sites for hydroxylation is 1. The molecule has 0 spiro atoms. The summed E-state index contributed by atoms with van der Waals surface area (Å²) in [7, 11) is 1.75. The quantitative estimate of drug-likeness (QED) is 0.812. The van der Waals surface area contributed by atoms with E-state index in [2.05, 4.69) is 15.2 Å². The van der Waals surface area contributed by atoms with E-state index in [1.807, 2.05) is 24.3 Å². The third kappa shape index (κ3) is 2.01. The summed E-state index contributed by atoms with van der Waals surface area (Å²) in [5.41, 5.74) is 1.26. The topological polar surface area (TPSA) is 79.3 Å². The molecular formula is C12H10N4O2S. The number of benzene rings is 1. The molecule has 0 aliphatic carbocycles. The van der Waals surface area contributed by atoms with Crippen molar-refractivity contribution in [1.82, 2.24) is 4.57 Å². The minimum Gasteiger partial charge on any atom is -0.493 e. The van der Waals surface area contributed by atoms with E-state index in [1.54, 1.807) is 11.6 Å². The highest BCUT2D eigenvalue weighted by atomic mass is 32.2. The van der Waals surface area contributed by atoms with Crippen molar-refractivity contribution in [3.63, 3.8) is 0 Å². The van der Waals surface area contributed by atoms with Crippen molar-refractivity contribution in [2.75, 3.05) is 5.75 Å². The van der Waals surface area contributed by atoms with Crippen LogP contribution in [0.2, 0.25) is 0 Å². The number of hydrogen-bond acceptors (Lipinski definition) is 5. The lowest BCUT2D eigenvalue weighted by Crippen LogP contribution is -1.86. The number of carbonyl (C=O) groups is 1. The van der Waals surface area contributed by atoms with Crippen LogP contribution in [0.25, 0.3) is 10.9 Å². The Morgan fingerprint density at radius 3 is 2.89 bits per heavy atom. The predicted molar refractivity (Wildman–Crippen MR) is 74.0 cm³/mol. The Kier molecular flexibility index (Phi) is 2.83. The lowest BCUT2D eigenvalue weighted by molar-refractivity contribution is -0.115. The Balaban J connectivity index is 2.06. The van der Waals surface area contributed by atoms with Crippen molar-refractivity contribution in [1.29, 1.82) is 0 Å². The summed E-state index contributed by atoms with van der Waals surface area (Å²) in [6.45, 7) is 0. The Morgan fingerprint density at radius 1 is 1.37 bits per heavy atom. The van der Waals surface area contributed by atoms with Gasteiger partial charge in [-0.2, -0.15) is 4.99 Å². The van der Waals surface area contributed by atoms with E-state index >= 15 is 0 Å². The molecule has 0 fully saturated rings. The SMILES string of the molecule is Cn1c(O)c(N=NC2=NC(=O)CS2)c2ccccc21. The van der Waals surface area contributed by atoms with Crippen LogP contribution in [0.5, 0.6) is 5.88 Å². The van der Waals surface area contributed by atoms with E-state index in [4.69, 9.17) is 0 Å². The first-order chi connectivity index (χ1) is 9.16. The fourth-order valence-corrected chi connectivity index (χ4v) is 2.48. The average Bonchev–Trinajstić information content (AvgIpc) is 2.93. The molecule has 0 saturated heterocycles. The fourth-order valence-electron chi connectivity index (χ4n) is 1.90. The van der Waals surface area contributed by atoms with Crippen molar-refractivity contribution in [2.45, 2.75) is 0 Å². The van der Waals surface area contributed by atoms with Gasteiger partial charge in [0.1, 0.15) is 0 Å².